The number of nitrogens with two attached hydrogens (primary N) is 1. The summed E-state index contributed by atoms with van der Waals surface area (Å²) in [7, 11) is 0. The van der Waals surface area contributed by atoms with Crippen LogP contribution in [0.5, 0.6) is 0 Å². The van der Waals surface area contributed by atoms with Crippen molar-refractivity contribution < 1.29 is 9.90 Å². The quantitative estimate of drug-likeness (QED) is 0.606. The molecule has 4 nitrogen and oxygen atoms in total. The highest BCUT2D eigenvalue weighted by atomic mass is 16.3. The summed E-state index contributed by atoms with van der Waals surface area (Å²) in [4.78, 5) is 11.4. The van der Waals surface area contributed by atoms with Crippen LogP contribution < -0.4 is 11.1 Å². The van der Waals surface area contributed by atoms with Crippen LogP contribution in [0.1, 0.15) is 39.0 Å². The molecular formula is C10H20N2O2. The molecule has 0 heterocycles. The topological polar surface area (TPSA) is 75.4 Å². The molecule has 0 spiro atoms. The van der Waals surface area contributed by atoms with Gasteiger partial charge in [-0.3, -0.25) is 4.79 Å². The summed E-state index contributed by atoms with van der Waals surface area (Å²) in [5, 5.41) is 12.3. The number of hydrogen-bond acceptors (Lipinski definition) is 3. The average Bonchev–Trinajstić information content (AvgIpc) is 2.16. The number of aliphatic hydroxyl groups is 1. The van der Waals surface area contributed by atoms with Crippen LogP contribution in [0.25, 0.3) is 0 Å². The van der Waals surface area contributed by atoms with E-state index in [1.165, 1.54) is 0 Å². The molecule has 0 aromatic carbocycles. The van der Waals surface area contributed by atoms with Gasteiger partial charge >= 0.3 is 0 Å². The van der Waals surface area contributed by atoms with Gasteiger partial charge in [0.25, 0.3) is 0 Å². The second kappa shape index (κ2) is 5.32. The van der Waals surface area contributed by atoms with Gasteiger partial charge in [-0.15, -0.1) is 0 Å². The first kappa shape index (κ1) is 11.5. The highest BCUT2D eigenvalue weighted by Crippen LogP contribution is 2.18. The van der Waals surface area contributed by atoms with Crippen molar-refractivity contribution in [3.05, 3.63) is 0 Å². The summed E-state index contributed by atoms with van der Waals surface area (Å²) >= 11 is 0. The fourth-order valence-electron chi connectivity index (χ4n) is 1.79. The standard InChI is InChI=1S/C10H20N2O2/c1-2-9(11)10(14)12-7-4-3-5-8(13)6-7/h7-9,13H,2-6,11H2,1H3,(H,12,14)/t7?,8?,9-/m1/s1. The minimum atomic E-state index is -0.408. The zero-order chi connectivity index (χ0) is 10.6. The fourth-order valence-corrected chi connectivity index (χ4v) is 1.79. The minimum Gasteiger partial charge on any atom is -0.393 e. The molecule has 0 bridgehead atoms. The van der Waals surface area contributed by atoms with E-state index >= 15 is 0 Å². The molecule has 1 aliphatic carbocycles. The SMILES string of the molecule is CC[C@@H](N)C(=O)NC1CCCC(O)C1. The maximum absolute atomic E-state index is 11.4. The third-order valence-corrected chi connectivity index (χ3v) is 2.77. The van der Waals surface area contributed by atoms with Gasteiger partial charge in [-0.1, -0.05) is 6.92 Å². The largest absolute Gasteiger partial charge is 0.393 e. The minimum absolute atomic E-state index is 0.0911. The lowest BCUT2D eigenvalue weighted by atomic mass is 9.93. The van der Waals surface area contributed by atoms with Crippen molar-refractivity contribution in [1.82, 2.24) is 5.32 Å². The van der Waals surface area contributed by atoms with Gasteiger partial charge in [-0.25, -0.2) is 0 Å². The predicted molar refractivity (Wildman–Crippen MR) is 54.7 cm³/mol. The van der Waals surface area contributed by atoms with Gasteiger partial charge in [0.1, 0.15) is 0 Å². The van der Waals surface area contributed by atoms with Gasteiger partial charge in [-0.2, -0.15) is 0 Å². The third-order valence-electron chi connectivity index (χ3n) is 2.77. The molecule has 3 atom stereocenters. The molecule has 0 saturated heterocycles. The smallest absolute Gasteiger partial charge is 0.237 e. The summed E-state index contributed by atoms with van der Waals surface area (Å²) in [6, 6.07) is -0.294. The molecule has 0 aromatic heterocycles. The Bertz CT molecular complexity index is 197. The zero-order valence-corrected chi connectivity index (χ0v) is 8.70. The summed E-state index contributed by atoms with van der Waals surface area (Å²) in [5.41, 5.74) is 5.59. The van der Waals surface area contributed by atoms with Gasteiger partial charge in [0.2, 0.25) is 5.91 Å². The van der Waals surface area contributed by atoms with Crippen LogP contribution in [0.3, 0.4) is 0 Å². The zero-order valence-electron chi connectivity index (χ0n) is 8.70. The number of nitrogens with one attached hydrogen (secondary N) is 1. The van der Waals surface area contributed by atoms with Gasteiger partial charge < -0.3 is 16.2 Å². The molecule has 1 fully saturated rings. The van der Waals surface area contributed by atoms with E-state index < -0.39 is 6.04 Å². The first-order chi connectivity index (χ1) is 6.63. The Kier molecular flexibility index (Phi) is 4.35. The van der Waals surface area contributed by atoms with Crippen LogP contribution in [-0.2, 0) is 4.79 Å². The van der Waals surface area contributed by atoms with Crippen LogP contribution >= 0.6 is 0 Å². The first-order valence-corrected chi connectivity index (χ1v) is 5.37. The van der Waals surface area contributed by atoms with E-state index in [0.29, 0.717) is 12.8 Å². The number of rotatable bonds is 3. The molecule has 0 radical (unpaired) electrons. The van der Waals surface area contributed by atoms with Crippen LogP contribution in [-0.4, -0.2) is 29.2 Å². The van der Waals surface area contributed by atoms with Gasteiger partial charge in [0.05, 0.1) is 12.1 Å². The number of aliphatic hydroxyl groups excluding tert-OH is 1. The van der Waals surface area contributed by atoms with Crippen molar-refractivity contribution in [3.63, 3.8) is 0 Å². The Morgan fingerprint density at radius 2 is 2.36 bits per heavy atom. The van der Waals surface area contributed by atoms with E-state index in [1.807, 2.05) is 6.92 Å². The Hall–Kier alpha value is -0.610. The van der Waals surface area contributed by atoms with Crippen LogP contribution in [0, 0.1) is 0 Å². The molecule has 4 N–H and O–H groups in total. The molecule has 1 aliphatic rings. The Morgan fingerprint density at radius 1 is 1.64 bits per heavy atom. The maximum atomic E-state index is 11.4. The number of hydrogen-bond donors (Lipinski definition) is 3. The predicted octanol–water partition coefficient (Wildman–Crippen LogP) is 0.143. The van der Waals surface area contributed by atoms with E-state index in [0.717, 1.165) is 19.3 Å². The van der Waals surface area contributed by atoms with Gasteiger partial charge in [0.15, 0.2) is 0 Å². The van der Waals surface area contributed by atoms with Crippen molar-refractivity contribution in [2.24, 2.45) is 5.73 Å². The Balaban J connectivity index is 2.32. The van der Waals surface area contributed by atoms with E-state index in [-0.39, 0.29) is 18.1 Å². The lowest BCUT2D eigenvalue weighted by Crippen LogP contribution is -2.47. The van der Waals surface area contributed by atoms with Crippen LogP contribution in [0.4, 0.5) is 0 Å². The highest BCUT2D eigenvalue weighted by molar-refractivity contribution is 5.81. The summed E-state index contributed by atoms with van der Waals surface area (Å²) in [6.07, 6.45) is 3.86. The van der Waals surface area contributed by atoms with Crippen molar-refractivity contribution in [2.75, 3.05) is 0 Å². The molecule has 82 valence electrons. The third kappa shape index (κ3) is 3.27. The molecule has 0 aromatic rings. The van der Waals surface area contributed by atoms with Gasteiger partial charge in [-0.05, 0) is 32.1 Å². The molecule has 2 unspecified atom stereocenters. The second-order valence-corrected chi connectivity index (χ2v) is 4.04. The number of carbonyl (C=O) groups excluding carboxylic acids is 1. The lowest BCUT2D eigenvalue weighted by molar-refractivity contribution is -0.123. The van der Waals surface area contributed by atoms with Crippen LogP contribution in [0.2, 0.25) is 0 Å². The maximum Gasteiger partial charge on any atom is 0.237 e. The fraction of sp³-hybridized carbons (Fsp3) is 0.900. The summed E-state index contributed by atoms with van der Waals surface area (Å²) < 4.78 is 0. The molecule has 14 heavy (non-hydrogen) atoms. The monoisotopic (exact) mass is 200 g/mol. The van der Waals surface area contributed by atoms with Crippen molar-refractivity contribution >= 4 is 5.91 Å². The first-order valence-electron chi connectivity index (χ1n) is 5.37. The highest BCUT2D eigenvalue weighted by Gasteiger charge is 2.22. The summed E-state index contributed by atoms with van der Waals surface area (Å²) in [6.45, 7) is 1.89. The Labute approximate surface area is 84.9 Å². The average molecular weight is 200 g/mol. The van der Waals surface area contributed by atoms with Crippen LogP contribution in [0.15, 0.2) is 0 Å². The normalized spacial score (nSPS) is 29.6. The van der Waals surface area contributed by atoms with E-state index in [9.17, 15) is 9.90 Å². The van der Waals surface area contributed by atoms with Gasteiger partial charge in [0, 0.05) is 6.04 Å². The molecular weight excluding hydrogens is 180 g/mol. The van der Waals surface area contributed by atoms with Crippen molar-refractivity contribution in [3.8, 4) is 0 Å². The van der Waals surface area contributed by atoms with E-state index in [2.05, 4.69) is 5.32 Å². The van der Waals surface area contributed by atoms with Crippen molar-refractivity contribution in [1.29, 1.82) is 0 Å². The number of carbonyl (C=O) groups is 1. The van der Waals surface area contributed by atoms with E-state index in [1.54, 1.807) is 0 Å². The molecule has 1 saturated carbocycles. The second-order valence-electron chi connectivity index (χ2n) is 4.04. The van der Waals surface area contributed by atoms with Crippen molar-refractivity contribution in [2.45, 2.75) is 57.2 Å². The van der Waals surface area contributed by atoms with E-state index in [4.69, 9.17) is 5.73 Å². The molecule has 1 amide bonds. The Morgan fingerprint density at radius 3 is 2.93 bits per heavy atom. The number of amides is 1. The molecule has 1 rings (SSSR count). The molecule has 0 aliphatic heterocycles. The lowest BCUT2D eigenvalue weighted by Gasteiger charge is -2.27. The summed E-state index contributed by atoms with van der Waals surface area (Å²) in [5.74, 6) is -0.0911. The molecule has 4 heteroatoms.